The van der Waals surface area contributed by atoms with Gasteiger partial charge in [0.2, 0.25) is 0 Å². The van der Waals surface area contributed by atoms with Gasteiger partial charge in [-0.2, -0.15) is 13.2 Å². The third-order valence-corrected chi connectivity index (χ3v) is 6.22. The second kappa shape index (κ2) is 12.0. The van der Waals surface area contributed by atoms with Gasteiger partial charge in [-0.1, -0.05) is 17.7 Å². The lowest BCUT2D eigenvalue weighted by Gasteiger charge is -2.21. The maximum absolute atomic E-state index is 14.3. The summed E-state index contributed by atoms with van der Waals surface area (Å²) in [4.78, 5) is 30.3. The summed E-state index contributed by atoms with van der Waals surface area (Å²) in [7, 11) is 1.20. The van der Waals surface area contributed by atoms with Crippen LogP contribution < -0.4 is 15.0 Å². The fraction of sp³-hybridized carbons (Fsp3) is 0.208. The van der Waals surface area contributed by atoms with E-state index in [4.69, 9.17) is 21.4 Å². The van der Waals surface area contributed by atoms with Gasteiger partial charge in [-0.3, -0.25) is 14.5 Å². The third kappa shape index (κ3) is 7.08. The number of hydrogen-bond acceptors (Lipinski definition) is 5. The highest BCUT2D eigenvalue weighted by molar-refractivity contribution is 14.1. The average molecular weight is 652 g/mol. The van der Waals surface area contributed by atoms with Crippen LogP contribution in [0.15, 0.2) is 48.7 Å². The summed E-state index contributed by atoms with van der Waals surface area (Å²) in [6.07, 6.45) is -3.40. The predicted molar refractivity (Wildman–Crippen MR) is 138 cm³/mol. The molecule has 37 heavy (non-hydrogen) atoms. The number of halogens is 6. The van der Waals surface area contributed by atoms with Crippen LogP contribution in [0.4, 0.5) is 23.4 Å². The Balaban J connectivity index is 2.06. The minimum atomic E-state index is -4.69. The second-order valence-electron chi connectivity index (χ2n) is 7.58. The summed E-state index contributed by atoms with van der Waals surface area (Å²) in [5, 5.41) is 11.2. The molecule has 0 spiro atoms. The SMILES string of the molecule is CN(C(=O)c1c(F)cccc1Cl)c1ncc(-c2cc(C(=O)NCCO)ccc2I)cc1OCC(F)(F)F. The summed E-state index contributed by atoms with van der Waals surface area (Å²) in [6, 6.07) is 9.56. The molecule has 0 bridgehead atoms. The number of amides is 2. The Labute approximate surface area is 227 Å². The lowest BCUT2D eigenvalue weighted by atomic mass is 10.0. The average Bonchev–Trinajstić information content (AvgIpc) is 2.85. The number of alkyl halides is 3. The first-order valence-corrected chi connectivity index (χ1v) is 12.0. The van der Waals surface area contributed by atoms with Gasteiger partial charge in [0.1, 0.15) is 5.82 Å². The Morgan fingerprint density at radius 1 is 1.22 bits per heavy atom. The zero-order valence-corrected chi connectivity index (χ0v) is 22.0. The van der Waals surface area contributed by atoms with E-state index in [9.17, 15) is 27.2 Å². The molecule has 0 aliphatic rings. The quantitative estimate of drug-likeness (QED) is 0.262. The summed E-state index contributed by atoms with van der Waals surface area (Å²) in [5.74, 6) is -3.02. The van der Waals surface area contributed by atoms with Crippen LogP contribution in [0.25, 0.3) is 11.1 Å². The molecule has 0 saturated carbocycles. The van der Waals surface area contributed by atoms with E-state index in [1.807, 2.05) is 22.6 Å². The summed E-state index contributed by atoms with van der Waals surface area (Å²) < 4.78 is 58.9. The van der Waals surface area contributed by atoms with E-state index < -0.39 is 41.7 Å². The van der Waals surface area contributed by atoms with E-state index in [-0.39, 0.29) is 29.6 Å². The van der Waals surface area contributed by atoms with Crippen LogP contribution in [0.2, 0.25) is 5.02 Å². The lowest BCUT2D eigenvalue weighted by molar-refractivity contribution is -0.153. The van der Waals surface area contributed by atoms with Crippen LogP contribution in [0.3, 0.4) is 0 Å². The number of ether oxygens (including phenoxy) is 1. The van der Waals surface area contributed by atoms with Gasteiger partial charge in [-0.15, -0.1) is 0 Å². The highest BCUT2D eigenvalue weighted by Gasteiger charge is 2.31. The normalized spacial score (nSPS) is 11.2. The van der Waals surface area contributed by atoms with E-state index in [1.165, 1.54) is 37.5 Å². The van der Waals surface area contributed by atoms with Gasteiger partial charge in [0.15, 0.2) is 18.2 Å². The van der Waals surface area contributed by atoms with Crippen molar-refractivity contribution in [2.45, 2.75) is 6.18 Å². The highest BCUT2D eigenvalue weighted by atomic mass is 127. The standard InChI is InChI=1S/C24H19ClF4IN3O4/c1-33(23(36)20-16(25)3-2-4-17(20)26)21-19(37-12-24(27,28)29)10-14(11-32-21)15-9-13(5-6-18(15)30)22(35)31-7-8-34/h2-6,9-11,34H,7-8,12H2,1H3,(H,31,35). The number of benzene rings is 2. The molecule has 0 aliphatic heterocycles. The van der Waals surface area contributed by atoms with E-state index in [1.54, 1.807) is 12.1 Å². The van der Waals surface area contributed by atoms with Crippen molar-refractivity contribution in [1.82, 2.24) is 10.3 Å². The number of pyridine rings is 1. The van der Waals surface area contributed by atoms with Gasteiger partial charge < -0.3 is 15.2 Å². The summed E-state index contributed by atoms with van der Waals surface area (Å²) in [6.45, 7) is -1.88. The minimum Gasteiger partial charge on any atom is -0.480 e. The molecule has 0 aliphatic carbocycles. The van der Waals surface area contributed by atoms with Crippen LogP contribution in [0, 0.1) is 9.39 Å². The molecule has 2 amide bonds. The molecular formula is C24H19ClF4IN3O4. The van der Waals surface area contributed by atoms with Crippen LogP contribution in [-0.2, 0) is 0 Å². The molecule has 1 heterocycles. The molecule has 2 N–H and O–H groups in total. The van der Waals surface area contributed by atoms with Crippen molar-refractivity contribution >= 4 is 51.8 Å². The van der Waals surface area contributed by atoms with Gasteiger partial charge >= 0.3 is 6.18 Å². The van der Waals surface area contributed by atoms with Gasteiger partial charge in [0, 0.05) is 34.5 Å². The molecule has 0 unspecified atom stereocenters. The molecule has 13 heteroatoms. The molecule has 3 rings (SSSR count). The van der Waals surface area contributed by atoms with Crippen LogP contribution in [-0.4, -0.2) is 54.9 Å². The van der Waals surface area contributed by atoms with Crippen molar-refractivity contribution in [3.05, 3.63) is 74.2 Å². The number of anilines is 1. The monoisotopic (exact) mass is 651 g/mol. The molecule has 2 aromatic carbocycles. The molecule has 0 atom stereocenters. The number of nitrogens with one attached hydrogen (secondary N) is 1. The van der Waals surface area contributed by atoms with Crippen molar-refractivity contribution in [1.29, 1.82) is 0 Å². The van der Waals surface area contributed by atoms with Crippen molar-refractivity contribution in [3.8, 4) is 16.9 Å². The maximum Gasteiger partial charge on any atom is 0.422 e. The number of aliphatic hydroxyl groups excluding tert-OH is 1. The number of aromatic nitrogens is 1. The number of carbonyl (C=O) groups excluding carboxylic acids is 2. The number of nitrogens with zero attached hydrogens (tertiary/aromatic N) is 2. The molecule has 0 saturated heterocycles. The van der Waals surface area contributed by atoms with Crippen LogP contribution in [0.5, 0.6) is 5.75 Å². The largest absolute Gasteiger partial charge is 0.480 e. The first-order chi connectivity index (χ1) is 17.4. The number of carbonyl (C=O) groups is 2. The predicted octanol–water partition coefficient (Wildman–Crippen LogP) is 5.09. The Bertz CT molecular complexity index is 1300. The molecule has 0 radical (unpaired) electrons. The van der Waals surface area contributed by atoms with Crippen LogP contribution >= 0.6 is 34.2 Å². The van der Waals surface area contributed by atoms with Crippen molar-refractivity contribution in [2.24, 2.45) is 0 Å². The molecule has 3 aromatic rings. The molecule has 7 nitrogen and oxygen atoms in total. The molecule has 0 fully saturated rings. The molecular weight excluding hydrogens is 633 g/mol. The van der Waals surface area contributed by atoms with E-state index in [0.717, 1.165) is 11.0 Å². The van der Waals surface area contributed by atoms with E-state index in [2.05, 4.69) is 10.3 Å². The fourth-order valence-electron chi connectivity index (χ4n) is 3.23. The minimum absolute atomic E-state index is 0.0399. The lowest BCUT2D eigenvalue weighted by Crippen LogP contribution is -2.29. The highest BCUT2D eigenvalue weighted by Crippen LogP contribution is 2.35. The van der Waals surface area contributed by atoms with Crippen molar-refractivity contribution in [2.75, 3.05) is 31.7 Å². The summed E-state index contributed by atoms with van der Waals surface area (Å²) >= 11 is 7.96. The van der Waals surface area contributed by atoms with Gasteiger partial charge in [-0.25, -0.2) is 9.37 Å². The first kappa shape index (κ1) is 28.6. The van der Waals surface area contributed by atoms with Crippen LogP contribution in [0.1, 0.15) is 20.7 Å². The Hall–Kier alpha value is -2.97. The van der Waals surface area contributed by atoms with E-state index in [0.29, 0.717) is 14.7 Å². The van der Waals surface area contributed by atoms with Crippen molar-refractivity contribution in [3.63, 3.8) is 0 Å². The number of rotatable bonds is 8. The smallest absolute Gasteiger partial charge is 0.422 e. The molecule has 1 aromatic heterocycles. The number of hydrogen-bond donors (Lipinski definition) is 2. The fourth-order valence-corrected chi connectivity index (χ4v) is 4.12. The third-order valence-electron chi connectivity index (χ3n) is 4.96. The van der Waals surface area contributed by atoms with E-state index >= 15 is 0 Å². The molecule has 196 valence electrons. The maximum atomic E-state index is 14.3. The first-order valence-electron chi connectivity index (χ1n) is 10.5. The van der Waals surface area contributed by atoms with Gasteiger partial charge in [0.25, 0.3) is 11.8 Å². The van der Waals surface area contributed by atoms with Gasteiger partial charge in [0.05, 0.1) is 17.2 Å². The Kier molecular flexibility index (Phi) is 9.31. The van der Waals surface area contributed by atoms with Gasteiger partial charge in [-0.05, 0) is 64.6 Å². The second-order valence-corrected chi connectivity index (χ2v) is 9.15. The zero-order valence-electron chi connectivity index (χ0n) is 19.1. The topological polar surface area (TPSA) is 91.8 Å². The Morgan fingerprint density at radius 3 is 2.59 bits per heavy atom. The summed E-state index contributed by atoms with van der Waals surface area (Å²) in [5.41, 5.74) is 0.522. The zero-order chi connectivity index (χ0) is 27.3. The van der Waals surface area contributed by atoms with Crippen molar-refractivity contribution < 1.29 is 37.0 Å². The number of aliphatic hydroxyl groups is 1. The Morgan fingerprint density at radius 2 is 1.95 bits per heavy atom.